The highest BCUT2D eigenvalue weighted by Gasteiger charge is 2.02. The molecule has 0 spiro atoms. The SMILES string of the molecule is [B]CC[C@H](CC)CCCCC. The van der Waals surface area contributed by atoms with Gasteiger partial charge in [-0.1, -0.05) is 58.7 Å². The van der Waals surface area contributed by atoms with Gasteiger partial charge in [0.25, 0.3) is 0 Å². The van der Waals surface area contributed by atoms with Crippen molar-refractivity contribution in [1.29, 1.82) is 0 Å². The van der Waals surface area contributed by atoms with Crippen molar-refractivity contribution in [2.75, 3.05) is 0 Å². The minimum Gasteiger partial charge on any atom is -0.0884 e. The van der Waals surface area contributed by atoms with Gasteiger partial charge >= 0.3 is 0 Å². The lowest BCUT2D eigenvalue weighted by Gasteiger charge is -2.12. The van der Waals surface area contributed by atoms with E-state index in [0.717, 1.165) is 12.2 Å². The summed E-state index contributed by atoms with van der Waals surface area (Å²) in [7, 11) is 5.51. The van der Waals surface area contributed by atoms with Crippen molar-refractivity contribution in [3.05, 3.63) is 0 Å². The molecular weight excluding hydrogens is 131 g/mol. The van der Waals surface area contributed by atoms with Crippen LogP contribution in [0.25, 0.3) is 0 Å². The molecule has 11 heavy (non-hydrogen) atoms. The first-order valence-electron chi connectivity index (χ1n) is 5.05. The fourth-order valence-corrected chi connectivity index (χ4v) is 1.47. The van der Waals surface area contributed by atoms with Gasteiger partial charge in [-0.2, -0.15) is 0 Å². The number of unbranched alkanes of at least 4 members (excludes halogenated alkanes) is 2. The molecule has 0 aliphatic carbocycles. The predicted molar refractivity (Wildman–Crippen MR) is 53.1 cm³/mol. The summed E-state index contributed by atoms with van der Waals surface area (Å²) < 4.78 is 0. The smallest absolute Gasteiger partial charge is 0.0653 e. The lowest BCUT2D eigenvalue weighted by Crippen LogP contribution is -1.98. The molecule has 0 bridgehead atoms. The van der Waals surface area contributed by atoms with Gasteiger partial charge in [-0.25, -0.2) is 0 Å². The van der Waals surface area contributed by atoms with E-state index in [0.29, 0.717) is 0 Å². The van der Waals surface area contributed by atoms with Crippen LogP contribution < -0.4 is 0 Å². The summed E-state index contributed by atoms with van der Waals surface area (Å²) in [4.78, 5) is 0. The molecule has 2 radical (unpaired) electrons. The minimum absolute atomic E-state index is 0.866. The maximum Gasteiger partial charge on any atom is 0.0653 e. The van der Waals surface area contributed by atoms with E-state index in [9.17, 15) is 0 Å². The van der Waals surface area contributed by atoms with Crippen molar-refractivity contribution in [3.63, 3.8) is 0 Å². The van der Waals surface area contributed by atoms with Gasteiger partial charge in [-0.05, 0) is 5.92 Å². The van der Waals surface area contributed by atoms with Gasteiger partial charge in [-0.3, -0.25) is 0 Å². The highest BCUT2D eigenvalue weighted by molar-refractivity contribution is 6.08. The summed E-state index contributed by atoms with van der Waals surface area (Å²) in [5.74, 6) is 0.895. The van der Waals surface area contributed by atoms with E-state index in [-0.39, 0.29) is 0 Å². The molecular formula is C10H21B. The van der Waals surface area contributed by atoms with E-state index in [1.165, 1.54) is 38.5 Å². The van der Waals surface area contributed by atoms with E-state index in [1.807, 2.05) is 0 Å². The molecule has 64 valence electrons. The molecule has 1 atom stereocenters. The third kappa shape index (κ3) is 6.46. The van der Waals surface area contributed by atoms with Gasteiger partial charge < -0.3 is 0 Å². The van der Waals surface area contributed by atoms with E-state index in [4.69, 9.17) is 7.85 Å². The van der Waals surface area contributed by atoms with Gasteiger partial charge in [0.1, 0.15) is 0 Å². The van der Waals surface area contributed by atoms with Gasteiger partial charge in [0.2, 0.25) is 0 Å². The molecule has 0 aromatic carbocycles. The van der Waals surface area contributed by atoms with Crippen LogP contribution in [-0.4, -0.2) is 7.85 Å². The summed E-state index contributed by atoms with van der Waals surface area (Å²) in [5, 5.41) is 0. The summed E-state index contributed by atoms with van der Waals surface area (Å²) in [5.41, 5.74) is 0. The van der Waals surface area contributed by atoms with Crippen LogP contribution in [0.5, 0.6) is 0 Å². The molecule has 0 nitrogen and oxygen atoms in total. The van der Waals surface area contributed by atoms with Crippen LogP contribution >= 0.6 is 0 Å². The van der Waals surface area contributed by atoms with Crippen LogP contribution in [-0.2, 0) is 0 Å². The topological polar surface area (TPSA) is 0 Å². The Morgan fingerprint density at radius 2 is 1.82 bits per heavy atom. The lowest BCUT2D eigenvalue weighted by atomic mass is 9.88. The zero-order valence-electron chi connectivity index (χ0n) is 8.10. The summed E-state index contributed by atoms with van der Waals surface area (Å²) >= 11 is 0. The monoisotopic (exact) mass is 152 g/mol. The van der Waals surface area contributed by atoms with Crippen LogP contribution in [0.1, 0.15) is 52.4 Å². The standard InChI is InChI=1S/C10H21B/c1-3-5-6-7-10(4-2)8-9-11/h10H,3-9H2,1-2H3/t10-/m1/s1. The molecule has 0 rings (SSSR count). The van der Waals surface area contributed by atoms with E-state index < -0.39 is 0 Å². The number of rotatable bonds is 7. The van der Waals surface area contributed by atoms with E-state index in [2.05, 4.69) is 13.8 Å². The fraction of sp³-hybridized carbons (Fsp3) is 1.00. The average molecular weight is 152 g/mol. The summed E-state index contributed by atoms with van der Waals surface area (Å²) in [6.45, 7) is 4.52. The first-order chi connectivity index (χ1) is 5.35. The fourth-order valence-electron chi connectivity index (χ4n) is 1.47. The molecule has 0 N–H and O–H groups in total. The highest BCUT2D eigenvalue weighted by atomic mass is 14.1. The molecule has 0 aromatic rings. The largest absolute Gasteiger partial charge is 0.0884 e. The Bertz CT molecular complexity index is 71.3. The first kappa shape index (κ1) is 11.1. The van der Waals surface area contributed by atoms with E-state index in [1.54, 1.807) is 0 Å². The third-order valence-corrected chi connectivity index (χ3v) is 2.37. The Labute approximate surface area is 73.2 Å². The van der Waals surface area contributed by atoms with Crippen molar-refractivity contribution >= 4 is 7.85 Å². The Balaban J connectivity index is 3.20. The zero-order valence-corrected chi connectivity index (χ0v) is 8.10. The van der Waals surface area contributed by atoms with Crippen molar-refractivity contribution in [2.45, 2.75) is 58.7 Å². The molecule has 0 aliphatic heterocycles. The lowest BCUT2D eigenvalue weighted by molar-refractivity contribution is 0.433. The predicted octanol–water partition coefficient (Wildman–Crippen LogP) is 3.57. The average Bonchev–Trinajstić information content (AvgIpc) is 2.03. The van der Waals surface area contributed by atoms with Crippen LogP contribution in [0.15, 0.2) is 0 Å². The van der Waals surface area contributed by atoms with Gasteiger partial charge in [0.05, 0.1) is 7.85 Å². The van der Waals surface area contributed by atoms with Gasteiger partial charge in [0.15, 0.2) is 0 Å². The van der Waals surface area contributed by atoms with Crippen molar-refractivity contribution in [1.82, 2.24) is 0 Å². The molecule has 1 heteroatoms. The molecule has 0 fully saturated rings. The van der Waals surface area contributed by atoms with Crippen molar-refractivity contribution in [3.8, 4) is 0 Å². The van der Waals surface area contributed by atoms with Crippen LogP contribution in [0.2, 0.25) is 6.32 Å². The molecule has 0 heterocycles. The Morgan fingerprint density at radius 1 is 1.09 bits per heavy atom. The normalized spacial score (nSPS) is 13.3. The minimum atomic E-state index is 0.866. The van der Waals surface area contributed by atoms with Crippen molar-refractivity contribution < 1.29 is 0 Å². The van der Waals surface area contributed by atoms with Crippen LogP contribution in [0.3, 0.4) is 0 Å². The first-order valence-corrected chi connectivity index (χ1v) is 5.05. The second-order valence-corrected chi connectivity index (χ2v) is 3.35. The van der Waals surface area contributed by atoms with E-state index >= 15 is 0 Å². The molecule has 0 unspecified atom stereocenters. The second-order valence-electron chi connectivity index (χ2n) is 3.35. The Kier molecular flexibility index (Phi) is 8.21. The Hall–Kier alpha value is 0.0649. The highest BCUT2D eigenvalue weighted by Crippen LogP contribution is 2.18. The van der Waals surface area contributed by atoms with Crippen LogP contribution in [0, 0.1) is 5.92 Å². The maximum atomic E-state index is 5.51. The molecule has 0 aromatic heterocycles. The third-order valence-electron chi connectivity index (χ3n) is 2.37. The second kappa shape index (κ2) is 8.16. The summed E-state index contributed by atoms with van der Waals surface area (Å²) in [6.07, 6.45) is 8.91. The van der Waals surface area contributed by atoms with Crippen molar-refractivity contribution in [2.24, 2.45) is 5.92 Å². The number of hydrogen-bond donors (Lipinski definition) is 0. The number of hydrogen-bond acceptors (Lipinski definition) is 0. The summed E-state index contributed by atoms with van der Waals surface area (Å²) in [6, 6.07) is 0. The molecule has 0 saturated heterocycles. The maximum absolute atomic E-state index is 5.51. The van der Waals surface area contributed by atoms with Gasteiger partial charge in [0, 0.05) is 0 Å². The molecule has 0 amide bonds. The van der Waals surface area contributed by atoms with Crippen LogP contribution in [0.4, 0.5) is 0 Å². The zero-order chi connectivity index (χ0) is 8.53. The quantitative estimate of drug-likeness (QED) is 0.386. The Morgan fingerprint density at radius 3 is 2.27 bits per heavy atom. The van der Waals surface area contributed by atoms with Gasteiger partial charge in [-0.15, -0.1) is 0 Å². The molecule has 0 saturated carbocycles. The molecule has 0 aliphatic rings.